The molecule has 1 heterocycles. The molecular weight excluding hydrogens is 436 g/mol. The molecule has 0 spiro atoms. The van der Waals surface area contributed by atoms with Crippen LogP contribution in [0.3, 0.4) is 0 Å². The van der Waals surface area contributed by atoms with Gasteiger partial charge >= 0.3 is 0 Å². The van der Waals surface area contributed by atoms with Crippen molar-refractivity contribution in [3.05, 3.63) is 72.8 Å². The number of nitrogens with zero attached hydrogens (tertiary/aromatic N) is 2. The first kappa shape index (κ1) is 24.5. The lowest BCUT2D eigenvalue weighted by Gasteiger charge is -2.08. The summed E-state index contributed by atoms with van der Waals surface area (Å²) in [6.45, 7) is 3.04. The Bertz CT molecular complexity index is 1150. The van der Waals surface area contributed by atoms with Crippen LogP contribution in [-0.2, 0) is 0 Å². The van der Waals surface area contributed by atoms with Gasteiger partial charge in [-0.3, -0.25) is 0 Å². The number of phenols is 1. The van der Waals surface area contributed by atoms with Crippen LogP contribution in [0.5, 0.6) is 11.5 Å². The molecule has 182 valence electrons. The molecule has 0 amide bonds. The molecule has 5 nitrogen and oxygen atoms in total. The monoisotopic (exact) mass is 470 g/mol. The van der Waals surface area contributed by atoms with Crippen LogP contribution in [0.4, 0.5) is 0 Å². The minimum absolute atomic E-state index is 0.201. The van der Waals surface area contributed by atoms with Gasteiger partial charge in [0, 0.05) is 11.1 Å². The summed E-state index contributed by atoms with van der Waals surface area (Å²) in [5, 5.41) is 17.7. The van der Waals surface area contributed by atoms with Gasteiger partial charge in [0.15, 0.2) is 0 Å². The number of rotatable bonds is 13. The number of aromatic hydroxyl groups is 1. The summed E-state index contributed by atoms with van der Waals surface area (Å²) in [6.07, 6.45) is 10.4. The number of benzene rings is 3. The minimum atomic E-state index is 0.201. The lowest BCUT2D eigenvalue weighted by Crippen LogP contribution is -1.97. The maximum atomic E-state index is 9.44. The molecule has 1 N–H and O–H groups in total. The SMILES string of the molecule is CCCCCCCCCCOc1ccc(-c2ccc(-c3nnc(-c4ccc(O)cc4)o3)cc2)cc1. The zero-order valence-corrected chi connectivity index (χ0v) is 20.5. The molecule has 3 aromatic carbocycles. The Kier molecular flexibility index (Phi) is 8.93. The summed E-state index contributed by atoms with van der Waals surface area (Å²) in [5.41, 5.74) is 3.87. The first-order valence-corrected chi connectivity index (χ1v) is 12.7. The maximum Gasteiger partial charge on any atom is 0.248 e. The largest absolute Gasteiger partial charge is 0.508 e. The van der Waals surface area contributed by atoms with Crippen LogP contribution in [0.1, 0.15) is 58.3 Å². The Balaban J connectivity index is 1.25. The van der Waals surface area contributed by atoms with Crippen molar-refractivity contribution in [3.8, 4) is 45.5 Å². The fourth-order valence-electron chi connectivity index (χ4n) is 4.04. The van der Waals surface area contributed by atoms with E-state index < -0.39 is 0 Å². The quantitative estimate of drug-likeness (QED) is 0.199. The molecule has 0 unspecified atom stereocenters. The molecule has 1 aromatic heterocycles. The molecule has 0 aliphatic rings. The van der Waals surface area contributed by atoms with Gasteiger partial charge in [-0.15, -0.1) is 10.2 Å². The van der Waals surface area contributed by atoms with Crippen molar-refractivity contribution in [1.82, 2.24) is 10.2 Å². The van der Waals surface area contributed by atoms with Crippen molar-refractivity contribution in [2.45, 2.75) is 58.3 Å². The number of aromatic nitrogens is 2. The summed E-state index contributed by atoms with van der Waals surface area (Å²) in [7, 11) is 0. The molecular formula is C30H34N2O3. The highest BCUT2D eigenvalue weighted by Gasteiger charge is 2.11. The third-order valence-electron chi connectivity index (χ3n) is 6.13. The van der Waals surface area contributed by atoms with Crippen LogP contribution in [0.15, 0.2) is 77.2 Å². The van der Waals surface area contributed by atoms with E-state index in [0.717, 1.165) is 41.0 Å². The molecule has 0 fully saturated rings. The average molecular weight is 471 g/mol. The van der Waals surface area contributed by atoms with Crippen LogP contribution in [0.2, 0.25) is 0 Å². The van der Waals surface area contributed by atoms with E-state index in [4.69, 9.17) is 9.15 Å². The Morgan fingerprint density at radius 1 is 0.600 bits per heavy atom. The number of phenolic OH excluding ortho intramolecular Hbond substituents is 1. The first-order chi connectivity index (χ1) is 17.2. The second-order valence-corrected chi connectivity index (χ2v) is 8.88. The Labute approximate surface area is 207 Å². The number of hydrogen-bond acceptors (Lipinski definition) is 5. The normalized spacial score (nSPS) is 11.0. The molecule has 5 heteroatoms. The second kappa shape index (κ2) is 12.7. The average Bonchev–Trinajstić information content (AvgIpc) is 3.39. The predicted molar refractivity (Wildman–Crippen MR) is 140 cm³/mol. The smallest absolute Gasteiger partial charge is 0.248 e. The van der Waals surface area contributed by atoms with Crippen LogP contribution in [-0.4, -0.2) is 21.9 Å². The Morgan fingerprint density at radius 2 is 1.06 bits per heavy atom. The van der Waals surface area contributed by atoms with Gasteiger partial charge in [0.2, 0.25) is 11.8 Å². The van der Waals surface area contributed by atoms with E-state index in [2.05, 4.69) is 41.4 Å². The molecule has 4 rings (SSSR count). The van der Waals surface area contributed by atoms with Crippen LogP contribution < -0.4 is 4.74 Å². The summed E-state index contributed by atoms with van der Waals surface area (Å²) in [4.78, 5) is 0. The molecule has 0 saturated carbocycles. The summed E-state index contributed by atoms with van der Waals surface area (Å²) >= 11 is 0. The zero-order chi connectivity index (χ0) is 24.3. The van der Waals surface area contributed by atoms with E-state index in [0.29, 0.717) is 11.8 Å². The van der Waals surface area contributed by atoms with Crippen molar-refractivity contribution in [1.29, 1.82) is 0 Å². The first-order valence-electron chi connectivity index (χ1n) is 12.7. The number of unbranched alkanes of at least 4 members (excludes halogenated alkanes) is 7. The lowest BCUT2D eigenvalue weighted by molar-refractivity contribution is 0.304. The Hall–Kier alpha value is -3.60. The van der Waals surface area contributed by atoms with Gasteiger partial charge in [-0.2, -0.15) is 0 Å². The van der Waals surface area contributed by atoms with E-state index in [9.17, 15) is 5.11 Å². The van der Waals surface area contributed by atoms with E-state index in [1.807, 2.05) is 24.3 Å². The summed E-state index contributed by atoms with van der Waals surface area (Å²) in [6, 6.07) is 23.0. The predicted octanol–water partition coefficient (Wildman–Crippen LogP) is 8.30. The van der Waals surface area contributed by atoms with E-state index in [-0.39, 0.29) is 5.75 Å². The van der Waals surface area contributed by atoms with Crippen molar-refractivity contribution < 1.29 is 14.3 Å². The lowest BCUT2D eigenvalue weighted by atomic mass is 10.0. The van der Waals surface area contributed by atoms with Crippen molar-refractivity contribution in [2.24, 2.45) is 0 Å². The molecule has 0 bridgehead atoms. The highest BCUT2D eigenvalue weighted by Crippen LogP contribution is 2.28. The van der Waals surface area contributed by atoms with Gasteiger partial charge < -0.3 is 14.3 Å². The standard InChI is InChI=1S/C30H34N2O3/c1-2-3-4-5-6-7-8-9-22-34-28-20-16-24(17-21-28)23-10-12-25(13-11-23)29-31-32-30(35-29)26-14-18-27(33)19-15-26/h10-21,33H,2-9,22H2,1H3. The van der Waals surface area contributed by atoms with Gasteiger partial charge in [-0.05, 0) is 66.1 Å². The molecule has 4 aromatic rings. The van der Waals surface area contributed by atoms with Gasteiger partial charge in [0.1, 0.15) is 11.5 Å². The van der Waals surface area contributed by atoms with Gasteiger partial charge in [0.05, 0.1) is 6.61 Å². The molecule has 0 aliphatic carbocycles. The van der Waals surface area contributed by atoms with E-state index in [1.165, 1.54) is 44.9 Å². The Morgan fingerprint density at radius 3 is 1.63 bits per heavy atom. The third-order valence-corrected chi connectivity index (χ3v) is 6.13. The van der Waals surface area contributed by atoms with Crippen LogP contribution >= 0.6 is 0 Å². The summed E-state index contributed by atoms with van der Waals surface area (Å²) in [5.74, 6) is 2.00. The second-order valence-electron chi connectivity index (χ2n) is 8.88. The summed E-state index contributed by atoms with van der Waals surface area (Å²) < 4.78 is 11.7. The highest BCUT2D eigenvalue weighted by molar-refractivity contribution is 5.68. The van der Waals surface area contributed by atoms with Crippen molar-refractivity contribution >= 4 is 0 Å². The van der Waals surface area contributed by atoms with Gasteiger partial charge in [0.25, 0.3) is 0 Å². The van der Waals surface area contributed by atoms with Gasteiger partial charge in [-0.25, -0.2) is 0 Å². The molecule has 0 atom stereocenters. The van der Waals surface area contributed by atoms with E-state index >= 15 is 0 Å². The van der Waals surface area contributed by atoms with Crippen molar-refractivity contribution in [3.63, 3.8) is 0 Å². The number of ether oxygens (including phenoxy) is 1. The fourth-order valence-corrected chi connectivity index (χ4v) is 4.04. The topological polar surface area (TPSA) is 68.4 Å². The molecule has 0 aliphatic heterocycles. The van der Waals surface area contributed by atoms with Gasteiger partial charge in [-0.1, -0.05) is 76.1 Å². The fraction of sp³-hybridized carbons (Fsp3) is 0.333. The van der Waals surface area contributed by atoms with Crippen LogP contribution in [0.25, 0.3) is 34.0 Å². The minimum Gasteiger partial charge on any atom is -0.508 e. The third kappa shape index (κ3) is 7.19. The van der Waals surface area contributed by atoms with E-state index in [1.54, 1.807) is 24.3 Å². The highest BCUT2D eigenvalue weighted by atomic mass is 16.5. The zero-order valence-electron chi connectivity index (χ0n) is 20.5. The maximum absolute atomic E-state index is 9.44. The van der Waals surface area contributed by atoms with Crippen LogP contribution in [0, 0.1) is 0 Å². The molecule has 35 heavy (non-hydrogen) atoms. The van der Waals surface area contributed by atoms with Crippen molar-refractivity contribution in [2.75, 3.05) is 6.61 Å². The number of hydrogen-bond donors (Lipinski definition) is 1. The molecule has 0 saturated heterocycles. The molecule has 0 radical (unpaired) electrons.